The highest BCUT2D eigenvalue weighted by Crippen LogP contribution is 2.44. The molecule has 2 aromatic rings. The summed E-state index contributed by atoms with van der Waals surface area (Å²) in [6, 6.07) is 12.6. The molecule has 2 saturated carbocycles. The van der Waals surface area contributed by atoms with Gasteiger partial charge >= 0.3 is 0 Å². The van der Waals surface area contributed by atoms with Crippen LogP contribution in [0.25, 0.3) is 11.1 Å². The maximum absolute atomic E-state index is 13.5. The topological polar surface area (TPSA) is 0 Å². The molecule has 166 valence electrons. The zero-order valence-corrected chi connectivity index (χ0v) is 18.8. The Morgan fingerprint density at radius 2 is 1.35 bits per heavy atom. The minimum Gasteiger partial charge on any atom is -0.204 e. The highest BCUT2D eigenvalue weighted by molar-refractivity contribution is 5.63. The van der Waals surface area contributed by atoms with Crippen LogP contribution in [0.5, 0.6) is 0 Å². The van der Waals surface area contributed by atoms with Crippen molar-refractivity contribution in [3.63, 3.8) is 0 Å². The van der Waals surface area contributed by atoms with Gasteiger partial charge in [-0.15, -0.1) is 0 Å². The number of hydrogen-bond donors (Lipinski definition) is 0. The molecular weight excluding hydrogens is 386 g/mol. The van der Waals surface area contributed by atoms with Crippen LogP contribution < -0.4 is 0 Å². The van der Waals surface area contributed by atoms with Gasteiger partial charge in [-0.2, -0.15) is 0 Å². The maximum Gasteiger partial charge on any atom is 0.159 e. The number of benzene rings is 2. The van der Waals surface area contributed by atoms with Gasteiger partial charge in [0, 0.05) is 0 Å². The van der Waals surface area contributed by atoms with Crippen molar-refractivity contribution in [2.75, 3.05) is 0 Å². The van der Waals surface area contributed by atoms with Gasteiger partial charge in [-0.1, -0.05) is 55.3 Å². The first-order valence-corrected chi connectivity index (χ1v) is 12.3. The van der Waals surface area contributed by atoms with Crippen molar-refractivity contribution in [3.8, 4) is 11.1 Å². The van der Waals surface area contributed by atoms with Crippen LogP contribution in [0.3, 0.4) is 0 Å². The molecule has 2 aromatic carbocycles. The SMILES string of the molecule is C/C=C/CC[C@H]1CC[C@H](C2CCC(c3ccc(-c4ccc(F)c(F)c4)cc3)CC2)CC1. The molecule has 0 heterocycles. The van der Waals surface area contributed by atoms with Gasteiger partial charge in [0.05, 0.1) is 0 Å². The van der Waals surface area contributed by atoms with Crippen LogP contribution in [0, 0.1) is 29.4 Å². The van der Waals surface area contributed by atoms with Gasteiger partial charge in [0.1, 0.15) is 0 Å². The standard InChI is InChI=1S/C29H36F2/c1-2-3-4-5-21-6-8-22(9-7-21)23-10-12-24(13-11-23)25-14-16-26(17-15-25)27-18-19-28(30)29(31)20-27/h2-3,14-24H,4-13H2,1H3/b3-2+/t21-,22-,23?,24?. The predicted octanol–water partition coefficient (Wildman–Crippen LogP) is 9.07. The van der Waals surface area contributed by atoms with Crippen LogP contribution in [0.2, 0.25) is 0 Å². The smallest absolute Gasteiger partial charge is 0.159 e. The molecule has 0 radical (unpaired) electrons. The third kappa shape index (κ3) is 5.64. The molecule has 2 aliphatic carbocycles. The summed E-state index contributed by atoms with van der Waals surface area (Å²) in [7, 11) is 0. The van der Waals surface area contributed by atoms with Crippen molar-refractivity contribution in [1.29, 1.82) is 0 Å². The molecule has 0 nitrogen and oxygen atoms in total. The van der Waals surface area contributed by atoms with E-state index in [9.17, 15) is 8.78 Å². The van der Waals surface area contributed by atoms with Crippen LogP contribution >= 0.6 is 0 Å². The summed E-state index contributed by atoms with van der Waals surface area (Å²) in [5.74, 6) is 1.90. The molecule has 0 N–H and O–H groups in total. The molecule has 2 fully saturated rings. The number of rotatable bonds is 6. The lowest BCUT2D eigenvalue weighted by atomic mass is 9.68. The minimum absolute atomic E-state index is 0.646. The Morgan fingerprint density at radius 1 is 0.742 bits per heavy atom. The Bertz CT molecular complexity index is 851. The average Bonchev–Trinajstić information content (AvgIpc) is 2.82. The zero-order valence-electron chi connectivity index (χ0n) is 18.8. The lowest BCUT2D eigenvalue weighted by molar-refractivity contribution is 0.157. The van der Waals surface area contributed by atoms with Crippen molar-refractivity contribution in [3.05, 3.63) is 71.8 Å². The summed E-state index contributed by atoms with van der Waals surface area (Å²) in [5, 5.41) is 0. The van der Waals surface area contributed by atoms with E-state index in [-0.39, 0.29) is 0 Å². The Balaban J connectivity index is 1.27. The third-order valence-corrected chi connectivity index (χ3v) is 7.94. The van der Waals surface area contributed by atoms with E-state index in [1.165, 1.54) is 81.9 Å². The second kappa shape index (κ2) is 10.6. The first kappa shape index (κ1) is 22.2. The first-order valence-electron chi connectivity index (χ1n) is 12.3. The highest BCUT2D eigenvalue weighted by atomic mass is 19.2. The quantitative estimate of drug-likeness (QED) is 0.407. The second-order valence-corrected chi connectivity index (χ2v) is 9.79. The highest BCUT2D eigenvalue weighted by Gasteiger charge is 2.31. The van der Waals surface area contributed by atoms with E-state index < -0.39 is 11.6 Å². The molecule has 4 rings (SSSR count). The van der Waals surface area contributed by atoms with Crippen LogP contribution in [-0.2, 0) is 0 Å². The zero-order chi connectivity index (χ0) is 21.6. The van der Waals surface area contributed by atoms with E-state index in [1.54, 1.807) is 6.07 Å². The molecular formula is C29H36F2. The minimum atomic E-state index is -0.792. The molecule has 0 bridgehead atoms. The van der Waals surface area contributed by atoms with E-state index in [2.05, 4.69) is 43.3 Å². The van der Waals surface area contributed by atoms with E-state index in [1.807, 2.05) is 0 Å². The van der Waals surface area contributed by atoms with Crippen molar-refractivity contribution >= 4 is 0 Å². The summed E-state index contributed by atoms with van der Waals surface area (Å²) in [5.41, 5.74) is 3.08. The van der Waals surface area contributed by atoms with Gasteiger partial charge in [0.2, 0.25) is 0 Å². The lowest BCUT2D eigenvalue weighted by Crippen LogP contribution is -2.25. The molecule has 0 spiro atoms. The number of allylic oxidation sites excluding steroid dienone is 2. The van der Waals surface area contributed by atoms with Crippen LogP contribution in [0.4, 0.5) is 8.78 Å². The summed E-state index contributed by atoms with van der Waals surface area (Å²) < 4.78 is 26.7. The van der Waals surface area contributed by atoms with Crippen molar-refractivity contribution < 1.29 is 8.78 Å². The average molecular weight is 423 g/mol. The maximum atomic E-state index is 13.5. The molecule has 0 aromatic heterocycles. The Hall–Kier alpha value is -1.96. The van der Waals surface area contributed by atoms with Gasteiger partial charge in [-0.05, 0) is 111 Å². The van der Waals surface area contributed by atoms with Crippen molar-refractivity contribution in [2.45, 2.75) is 77.0 Å². The van der Waals surface area contributed by atoms with E-state index in [0.29, 0.717) is 5.92 Å². The van der Waals surface area contributed by atoms with Gasteiger partial charge in [0.15, 0.2) is 11.6 Å². The van der Waals surface area contributed by atoms with Crippen LogP contribution in [-0.4, -0.2) is 0 Å². The van der Waals surface area contributed by atoms with Crippen molar-refractivity contribution in [2.24, 2.45) is 17.8 Å². The van der Waals surface area contributed by atoms with Crippen molar-refractivity contribution in [1.82, 2.24) is 0 Å². The lowest BCUT2D eigenvalue weighted by Gasteiger charge is -2.38. The fourth-order valence-corrected chi connectivity index (χ4v) is 5.99. The summed E-state index contributed by atoms with van der Waals surface area (Å²) in [6.45, 7) is 2.12. The molecule has 2 heteroatoms. The third-order valence-electron chi connectivity index (χ3n) is 7.94. The first-order chi connectivity index (χ1) is 15.1. The Labute approximate surface area is 186 Å². The van der Waals surface area contributed by atoms with Crippen LogP contribution in [0.15, 0.2) is 54.6 Å². The molecule has 0 amide bonds. The van der Waals surface area contributed by atoms with Gasteiger partial charge in [-0.25, -0.2) is 8.78 Å². The normalized spacial score (nSPS) is 26.9. The Morgan fingerprint density at radius 3 is 1.97 bits per heavy atom. The number of halogens is 2. The van der Waals surface area contributed by atoms with E-state index >= 15 is 0 Å². The molecule has 0 unspecified atom stereocenters. The van der Waals surface area contributed by atoms with E-state index in [4.69, 9.17) is 0 Å². The fourth-order valence-electron chi connectivity index (χ4n) is 5.99. The Kier molecular flexibility index (Phi) is 7.58. The molecule has 0 aliphatic heterocycles. The summed E-state index contributed by atoms with van der Waals surface area (Å²) >= 11 is 0. The van der Waals surface area contributed by atoms with E-state index in [0.717, 1.165) is 28.9 Å². The molecule has 0 saturated heterocycles. The summed E-state index contributed by atoms with van der Waals surface area (Å²) in [4.78, 5) is 0. The van der Waals surface area contributed by atoms with Gasteiger partial charge in [-0.3, -0.25) is 0 Å². The largest absolute Gasteiger partial charge is 0.204 e. The van der Waals surface area contributed by atoms with Gasteiger partial charge in [0.25, 0.3) is 0 Å². The molecule has 0 atom stereocenters. The monoisotopic (exact) mass is 422 g/mol. The molecule has 2 aliphatic rings. The molecule has 31 heavy (non-hydrogen) atoms. The fraction of sp³-hybridized carbons (Fsp3) is 0.517. The summed E-state index contributed by atoms with van der Waals surface area (Å²) in [6.07, 6.45) is 18.2. The van der Waals surface area contributed by atoms with Gasteiger partial charge < -0.3 is 0 Å². The predicted molar refractivity (Wildman–Crippen MR) is 126 cm³/mol. The van der Waals surface area contributed by atoms with Crippen LogP contribution in [0.1, 0.15) is 82.6 Å². The number of hydrogen-bond acceptors (Lipinski definition) is 0. The second-order valence-electron chi connectivity index (χ2n) is 9.79.